The van der Waals surface area contributed by atoms with Crippen molar-refractivity contribution in [1.82, 2.24) is 5.32 Å². The van der Waals surface area contributed by atoms with Crippen molar-refractivity contribution in [3.63, 3.8) is 0 Å². The molecule has 0 aliphatic heterocycles. The van der Waals surface area contributed by atoms with E-state index < -0.39 is 0 Å². The van der Waals surface area contributed by atoms with E-state index in [9.17, 15) is 0 Å². The van der Waals surface area contributed by atoms with Gasteiger partial charge in [-0.2, -0.15) is 0 Å². The minimum absolute atomic E-state index is 0.581. The topological polar surface area (TPSA) is 12.0 Å². The van der Waals surface area contributed by atoms with Crippen molar-refractivity contribution in [2.75, 3.05) is 0 Å². The van der Waals surface area contributed by atoms with Crippen LogP contribution in [-0.2, 0) is 0 Å². The van der Waals surface area contributed by atoms with Gasteiger partial charge in [-0.1, -0.05) is 33.6 Å². The van der Waals surface area contributed by atoms with Crippen molar-refractivity contribution in [2.24, 2.45) is 11.3 Å². The summed E-state index contributed by atoms with van der Waals surface area (Å²) in [5, 5.41) is 3.92. The molecule has 88 valence electrons. The third kappa shape index (κ3) is 2.96. The molecule has 0 radical (unpaired) electrons. The Labute approximate surface area is 95.0 Å². The molecule has 2 rings (SSSR count). The zero-order valence-corrected chi connectivity index (χ0v) is 10.7. The minimum Gasteiger partial charge on any atom is -0.311 e. The normalized spacial score (nSPS) is 40.6. The Hall–Kier alpha value is -0.0400. The van der Waals surface area contributed by atoms with Gasteiger partial charge in [0.2, 0.25) is 0 Å². The molecule has 0 saturated heterocycles. The lowest BCUT2D eigenvalue weighted by Crippen LogP contribution is -2.43. The molecule has 0 aromatic rings. The fourth-order valence-electron chi connectivity index (χ4n) is 3.54. The first-order valence-electron chi connectivity index (χ1n) is 6.83. The third-order valence-corrected chi connectivity index (χ3v) is 4.52. The van der Waals surface area contributed by atoms with Crippen molar-refractivity contribution < 1.29 is 0 Å². The highest BCUT2D eigenvalue weighted by Crippen LogP contribution is 2.36. The predicted octanol–water partition coefficient (Wildman–Crippen LogP) is 3.73. The van der Waals surface area contributed by atoms with E-state index in [4.69, 9.17) is 0 Å². The van der Waals surface area contributed by atoms with Gasteiger partial charge in [-0.3, -0.25) is 0 Å². The van der Waals surface area contributed by atoms with E-state index in [-0.39, 0.29) is 0 Å². The Morgan fingerprint density at radius 3 is 2.47 bits per heavy atom. The maximum Gasteiger partial charge on any atom is 0.00952 e. The number of rotatable bonds is 2. The van der Waals surface area contributed by atoms with Gasteiger partial charge in [-0.15, -0.1) is 0 Å². The second-order valence-electron chi connectivity index (χ2n) is 6.64. The number of hydrogen-bond donors (Lipinski definition) is 1. The average molecular weight is 209 g/mol. The summed E-state index contributed by atoms with van der Waals surface area (Å²) in [6.07, 6.45) is 9.93. The molecule has 15 heavy (non-hydrogen) atoms. The summed E-state index contributed by atoms with van der Waals surface area (Å²) in [6.45, 7) is 7.27. The first-order chi connectivity index (χ1) is 7.07. The zero-order valence-electron chi connectivity index (χ0n) is 10.7. The molecule has 2 aliphatic carbocycles. The lowest BCUT2D eigenvalue weighted by Gasteiger charge is -2.37. The first kappa shape index (κ1) is 11.4. The van der Waals surface area contributed by atoms with Crippen molar-refractivity contribution in [2.45, 2.75) is 77.8 Å². The van der Waals surface area contributed by atoms with Crippen LogP contribution in [0.3, 0.4) is 0 Å². The molecule has 1 N–H and O–H groups in total. The molecule has 1 nitrogen and oxygen atoms in total. The van der Waals surface area contributed by atoms with Crippen molar-refractivity contribution in [3.05, 3.63) is 0 Å². The molecule has 2 aliphatic rings. The smallest absolute Gasteiger partial charge is 0.00952 e. The molecule has 0 amide bonds. The monoisotopic (exact) mass is 209 g/mol. The van der Waals surface area contributed by atoms with E-state index in [1.165, 1.54) is 44.9 Å². The van der Waals surface area contributed by atoms with Crippen LogP contribution < -0.4 is 5.32 Å². The first-order valence-corrected chi connectivity index (χ1v) is 6.83. The van der Waals surface area contributed by atoms with Crippen molar-refractivity contribution >= 4 is 0 Å². The third-order valence-electron chi connectivity index (χ3n) is 4.52. The fraction of sp³-hybridized carbons (Fsp3) is 1.00. The van der Waals surface area contributed by atoms with E-state index in [2.05, 4.69) is 26.1 Å². The van der Waals surface area contributed by atoms with Crippen LogP contribution in [0.15, 0.2) is 0 Å². The maximum atomic E-state index is 3.92. The molecule has 0 heterocycles. The SMILES string of the molecule is CC1CCCC1NC1CCCC(C)(C)C1. The summed E-state index contributed by atoms with van der Waals surface area (Å²) >= 11 is 0. The summed E-state index contributed by atoms with van der Waals surface area (Å²) in [6, 6.07) is 1.63. The number of nitrogens with one attached hydrogen (secondary N) is 1. The summed E-state index contributed by atoms with van der Waals surface area (Å²) in [5.41, 5.74) is 0.581. The molecular weight excluding hydrogens is 182 g/mol. The van der Waals surface area contributed by atoms with E-state index in [1.807, 2.05) is 0 Å². The fourth-order valence-corrected chi connectivity index (χ4v) is 3.54. The van der Waals surface area contributed by atoms with Crippen LogP contribution in [0.2, 0.25) is 0 Å². The van der Waals surface area contributed by atoms with Crippen LogP contribution >= 0.6 is 0 Å². The highest BCUT2D eigenvalue weighted by Gasteiger charge is 2.31. The van der Waals surface area contributed by atoms with Crippen LogP contribution in [-0.4, -0.2) is 12.1 Å². The van der Waals surface area contributed by atoms with Gasteiger partial charge in [0, 0.05) is 12.1 Å². The van der Waals surface area contributed by atoms with Crippen molar-refractivity contribution in [3.8, 4) is 0 Å². The van der Waals surface area contributed by atoms with Gasteiger partial charge < -0.3 is 5.32 Å². The van der Waals surface area contributed by atoms with Gasteiger partial charge >= 0.3 is 0 Å². The summed E-state index contributed by atoms with van der Waals surface area (Å²) in [7, 11) is 0. The Morgan fingerprint density at radius 2 is 1.87 bits per heavy atom. The molecule has 3 unspecified atom stereocenters. The molecule has 2 saturated carbocycles. The lowest BCUT2D eigenvalue weighted by molar-refractivity contribution is 0.183. The number of hydrogen-bond acceptors (Lipinski definition) is 1. The Kier molecular flexibility index (Phi) is 3.39. The highest BCUT2D eigenvalue weighted by atomic mass is 15.0. The lowest BCUT2D eigenvalue weighted by atomic mass is 9.75. The van der Waals surface area contributed by atoms with Gasteiger partial charge in [-0.25, -0.2) is 0 Å². The van der Waals surface area contributed by atoms with Crippen LogP contribution in [0.25, 0.3) is 0 Å². The predicted molar refractivity (Wildman–Crippen MR) is 66.0 cm³/mol. The van der Waals surface area contributed by atoms with E-state index in [0.717, 1.165) is 18.0 Å². The maximum absolute atomic E-state index is 3.92. The molecular formula is C14H27N. The average Bonchev–Trinajstić information content (AvgIpc) is 2.50. The van der Waals surface area contributed by atoms with Gasteiger partial charge in [0.25, 0.3) is 0 Å². The second kappa shape index (κ2) is 4.45. The highest BCUT2D eigenvalue weighted by molar-refractivity contribution is 4.88. The standard InChI is InChI=1S/C14H27N/c1-11-6-4-8-13(11)15-12-7-5-9-14(2,3)10-12/h11-13,15H,4-10H2,1-3H3. The quantitative estimate of drug-likeness (QED) is 0.730. The van der Waals surface area contributed by atoms with Crippen LogP contribution in [0.5, 0.6) is 0 Å². The Morgan fingerprint density at radius 1 is 1.07 bits per heavy atom. The van der Waals surface area contributed by atoms with E-state index in [1.54, 1.807) is 0 Å². The Bertz CT molecular complexity index is 209. The van der Waals surface area contributed by atoms with Crippen LogP contribution in [0.1, 0.15) is 65.7 Å². The second-order valence-corrected chi connectivity index (χ2v) is 6.64. The van der Waals surface area contributed by atoms with Gasteiger partial charge in [-0.05, 0) is 43.4 Å². The summed E-state index contributed by atoms with van der Waals surface area (Å²) in [5.74, 6) is 0.912. The summed E-state index contributed by atoms with van der Waals surface area (Å²) < 4.78 is 0. The van der Waals surface area contributed by atoms with Gasteiger partial charge in [0.1, 0.15) is 0 Å². The zero-order chi connectivity index (χ0) is 10.9. The largest absolute Gasteiger partial charge is 0.311 e. The molecule has 3 atom stereocenters. The van der Waals surface area contributed by atoms with Crippen LogP contribution in [0.4, 0.5) is 0 Å². The molecule has 0 bridgehead atoms. The van der Waals surface area contributed by atoms with E-state index >= 15 is 0 Å². The molecule has 1 heteroatoms. The minimum atomic E-state index is 0.581. The summed E-state index contributed by atoms with van der Waals surface area (Å²) in [4.78, 5) is 0. The van der Waals surface area contributed by atoms with E-state index in [0.29, 0.717) is 5.41 Å². The van der Waals surface area contributed by atoms with Crippen LogP contribution in [0, 0.1) is 11.3 Å². The van der Waals surface area contributed by atoms with Gasteiger partial charge in [0.15, 0.2) is 0 Å². The molecule has 2 fully saturated rings. The Balaban J connectivity index is 1.83. The molecule has 0 aromatic carbocycles. The molecule has 0 aromatic heterocycles. The molecule has 0 spiro atoms. The van der Waals surface area contributed by atoms with Gasteiger partial charge in [0.05, 0.1) is 0 Å². The van der Waals surface area contributed by atoms with Crippen molar-refractivity contribution in [1.29, 1.82) is 0 Å².